The highest BCUT2D eigenvalue weighted by molar-refractivity contribution is 5.86. The van der Waals surface area contributed by atoms with Crippen LogP contribution in [-0.2, 0) is 19.1 Å². The van der Waals surface area contributed by atoms with Crippen LogP contribution < -0.4 is 14.2 Å². The van der Waals surface area contributed by atoms with E-state index in [-0.39, 0.29) is 87.1 Å². The first-order chi connectivity index (χ1) is 31.2. The second kappa shape index (κ2) is 23.4. The highest BCUT2D eigenvalue weighted by Crippen LogP contribution is 2.39. The van der Waals surface area contributed by atoms with Crippen molar-refractivity contribution in [3.8, 4) is 68.7 Å². The molecule has 2 amide bonds. The summed E-state index contributed by atoms with van der Waals surface area (Å²) in [5.74, 6) is -1.16. The van der Waals surface area contributed by atoms with Gasteiger partial charge in [0.05, 0.1) is 23.3 Å². The van der Waals surface area contributed by atoms with Crippen LogP contribution >= 0.6 is 0 Å². The molecule has 0 aliphatic heterocycles. The third kappa shape index (κ3) is 13.7. The molecule has 360 valence electrons. The minimum absolute atomic E-state index is 0.0198. The molecule has 4 rings (SSSR count). The Morgan fingerprint density at radius 1 is 0.485 bits per heavy atom. The molecule has 66 heavy (non-hydrogen) atoms. The van der Waals surface area contributed by atoms with E-state index in [1.165, 1.54) is 30.3 Å². The zero-order chi connectivity index (χ0) is 48.8. The summed E-state index contributed by atoms with van der Waals surface area (Å²) in [6, 6.07) is 13.4. The van der Waals surface area contributed by atoms with Gasteiger partial charge in [0.1, 0.15) is 34.5 Å². The Hall–Kier alpha value is -6.12. The largest absolute Gasteiger partial charge is 0.507 e. The van der Waals surface area contributed by atoms with Gasteiger partial charge in [0.25, 0.3) is 11.8 Å². The maximum Gasteiger partial charge on any atom is 0.349 e. The molecule has 4 aromatic rings. The maximum atomic E-state index is 13.7. The Morgan fingerprint density at radius 3 is 1.03 bits per heavy atom. The van der Waals surface area contributed by atoms with Crippen molar-refractivity contribution < 1.29 is 48.7 Å². The van der Waals surface area contributed by atoms with Gasteiger partial charge in [-0.1, -0.05) is 53.4 Å². The highest BCUT2D eigenvalue weighted by Gasteiger charge is 2.36. The third-order valence-corrected chi connectivity index (χ3v) is 10.9. The topological polar surface area (TPSA) is 194 Å². The zero-order valence-corrected chi connectivity index (χ0v) is 40.8. The normalized spacial score (nSPS) is 11.8. The van der Waals surface area contributed by atoms with Crippen LogP contribution in [0.5, 0.6) is 34.5 Å². The molecule has 0 atom stereocenters. The van der Waals surface area contributed by atoms with E-state index in [2.05, 4.69) is 42.6 Å². The minimum Gasteiger partial charge on any atom is -0.507 e. The number of phenolic OH excluding ortho intramolecular Hbond substituents is 3. The predicted octanol–water partition coefficient (Wildman–Crippen LogP) is 9.88. The van der Waals surface area contributed by atoms with Gasteiger partial charge in [0, 0.05) is 44.4 Å². The average Bonchev–Trinajstić information content (AvgIpc) is 3.25. The molecule has 0 unspecified atom stereocenters. The third-order valence-electron chi connectivity index (χ3n) is 10.9. The molecule has 15 nitrogen and oxygen atoms in total. The number of aromatic hydroxyl groups is 3. The summed E-state index contributed by atoms with van der Waals surface area (Å²) >= 11 is 0. The molecule has 3 aromatic carbocycles. The standard InChI is InChI=1S/C51H71N5O10/c1-12-17-27-55(28-18-13-2)46(60)49(6,7)64-34-21-24-37(40(57)31-34)43-52-44(54-45(53-43)39-26-23-36(33-42(39)59)66-51(10,11)48(62)63-16-5)38-25-22-35(32-41(38)58)65-50(8,9)47(61)56(29-19-14-3)30-20-15-4/h21-26,31-33,57-59H,12-20,27-30H2,1-11H3. The molecule has 0 bridgehead atoms. The van der Waals surface area contributed by atoms with E-state index in [1.807, 2.05) is 9.80 Å². The van der Waals surface area contributed by atoms with Gasteiger partial charge in [-0.25, -0.2) is 19.7 Å². The molecule has 1 heterocycles. The summed E-state index contributed by atoms with van der Waals surface area (Å²) in [5.41, 5.74) is -3.39. The van der Waals surface area contributed by atoms with Crippen LogP contribution in [0.3, 0.4) is 0 Å². The Labute approximate surface area is 390 Å². The number of esters is 1. The summed E-state index contributed by atoms with van der Waals surface area (Å²) in [4.78, 5) is 57.7. The van der Waals surface area contributed by atoms with Crippen LogP contribution in [-0.4, -0.2) is 107 Å². The Morgan fingerprint density at radius 2 is 0.773 bits per heavy atom. The molecule has 0 fully saturated rings. The van der Waals surface area contributed by atoms with Crippen molar-refractivity contribution >= 4 is 17.8 Å². The second-order valence-corrected chi connectivity index (χ2v) is 17.9. The Bertz CT molecular complexity index is 2150. The SMILES string of the molecule is CCCCN(CCCC)C(=O)C(C)(C)Oc1ccc(-c2nc(-c3ccc(OC(C)(C)C(=O)OCC)cc3O)nc(-c3ccc(OC(C)(C)C(=O)N(CCCC)CCCC)cc3O)n2)c(O)c1. The summed E-state index contributed by atoms with van der Waals surface area (Å²) < 4.78 is 23.5. The molecule has 0 aliphatic carbocycles. The number of rotatable bonds is 25. The fourth-order valence-corrected chi connectivity index (χ4v) is 7.13. The van der Waals surface area contributed by atoms with Crippen LogP contribution in [0.4, 0.5) is 0 Å². The molecule has 15 heteroatoms. The van der Waals surface area contributed by atoms with Gasteiger partial charge >= 0.3 is 5.97 Å². The second-order valence-electron chi connectivity index (χ2n) is 17.9. The number of carbonyl (C=O) groups is 3. The van der Waals surface area contributed by atoms with Crippen LogP contribution in [0.25, 0.3) is 34.2 Å². The lowest BCUT2D eigenvalue weighted by atomic mass is 10.1. The van der Waals surface area contributed by atoms with Crippen LogP contribution in [0, 0.1) is 0 Å². The monoisotopic (exact) mass is 914 g/mol. The number of carbonyl (C=O) groups excluding carboxylic acids is 3. The summed E-state index contributed by atoms with van der Waals surface area (Å²) in [7, 11) is 0. The van der Waals surface area contributed by atoms with Crippen molar-refractivity contribution in [3.63, 3.8) is 0 Å². The number of aromatic nitrogens is 3. The highest BCUT2D eigenvalue weighted by atomic mass is 16.6. The first-order valence-electron chi connectivity index (χ1n) is 23.3. The van der Waals surface area contributed by atoms with Gasteiger partial charge in [-0.05, 0) is 111 Å². The van der Waals surface area contributed by atoms with Crippen LogP contribution in [0.15, 0.2) is 54.6 Å². The van der Waals surface area contributed by atoms with Gasteiger partial charge in [-0.3, -0.25) is 9.59 Å². The molecule has 0 spiro atoms. The number of hydrogen-bond acceptors (Lipinski definition) is 13. The van der Waals surface area contributed by atoms with Gasteiger partial charge in [0.2, 0.25) is 0 Å². The lowest BCUT2D eigenvalue weighted by Gasteiger charge is -2.32. The fourth-order valence-electron chi connectivity index (χ4n) is 7.13. The molecule has 0 saturated heterocycles. The number of nitrogens with zero attached hydrogens (tertiary/aromatic N) is 5. The molecular formula is C51H71N5O10. The van der Waals surface area contributed by atoms with Gasteiger partial charge in [-0.2, -0.15) is 0 Å². The lowest BCUT2D eigenvalue weighted by molar-refractivity contribution is -0.158. The van der Waals surface area contributed by atoms with Crippen molar-refractivity contribution in [2.75, 3.05) is 32.8 Å². The number of hydrogen-bond donors (Lipinski definition) is 3. The number of benzene rings is 3. The van der Waals surface area contributed by atoms with Crippen LogP contribution in [0.2, 0.25) is 0 Å². The fraction of sp³-hybridized carbons (Fsp3) is 0.529. The molecule has 0 radical (unpaired) electrons. The van der Waals surface area contributed by atoms with E-state index in [0.29, 0.717) is 26.2 Å². The number of unbranched alkanes of at least 4 members (excludes halogenated alkanes) is 4. The number of ether oxygens (including phenoxy) is 4. The van der Waals surface area contributed by atoms with Crippen molar-refractivity contribution in [3.05, 3.63) is 54.6 Å². The van der Waals surface area contributed by atoms with E-state index < -0.39 is 22.8 Å². The summed E-state index contributed by atoms with van der Waals surface area (Å²) in [6.07, 6.45) is 7.24. The zero-order valence-electron chi connectivity index (χ0n) is 40.8. The van der Waals surface area contributed by atoms with E-state index in [9.17, 15) is 29.7 Å². The van der Waals surface area contributed by atoms with Crippen LogP contribution in [0.1, 0.15) is 128 Å². The number of phenols is 3. The smallest absolute Gasteiger partial charge is 0.349 e. The van der Waals surface area contributed by atoms with Crippen molar-refractivity contribution in [2.45, 2.75) is 144 Å². The van der Waals surface area contributed by atoms with Gasteiger partial charge in [0.15, 0.2) is 34.3 Å². The predicted molar refractivity (Wildman–Crippen MR) is 255 cm³/mol. The average molecular weight is 914 g/mol. The van der Waals surface area contributed by atoms with Gasteiger partial charge in [-0.15, -0.1) is 0 Å². The quantitative estimate of drug-likeness (QED) is 0.0533. The molecule has 0 aliphatic rings. The molecule has 3 N–H and O–H groups in total. The van der Waals surface area contributed by atoms with Crippen molar-refractivity contribution in [1.29, 1.82) is 0 Å². The first kappa shape index (κ1) is 52.5. The minimum atomic E-state index is -1.36. The van der Waals surface area contributed by atoms with E-state index >= 15 is 0 Å². The van der Waals surface area contributed by atoms with Gasteiger partial charge < -0.3 is 44.1 Å². The first-order valence-corrected chi connectivity index (χ1v) is 23.3. The van der Waals surface area contributed by atoms with E-state index in [4.69, 9.17) is 18.9 Å². The summed E-state index contributed by atoms with van der Waals surface area (Å²) in [5, 5.41) is 34.4. The van der Waals surface area contributed by atoms with E-state index in [1.54, 1.807) is 72.7 Å². The molecular weight excluding hydrogens is 843 g/mol. The number of amides is 2. The Balaban J connectivity index is 1.77. The lowest BCUT2D eigenvalue weighted by Crippen LogP contribution is -2.49. The van der Waals surface area contributed by atoms with Crippen molar-refractivity contribution in [2.24, 2.45) is 0 Å². The maximum absolute atomic E-state index is 13.7. The van der Waals surface area contributed by atoms with E-state index in [0.717, 1.165) is 51.4 Å². The molecule has 1 aromatic heterocycles. The Kier molecular flexibility index (Phi) is 18.6. The molecule has 0 saturated carbocycles. The van der Waals surface area contributed by atoms with Crippen molar-refractivity contribution in [1.82, 2.24) is 24.8 Å². The summed E-state index contributed by atoms with van der Waals surface area (Å²) in [6.45, 7) is 22.6.